The van der Waals surface area contributed by atoms with Gasteiger partial charge in [-0.15, -0.1) is 0 Å². The highest BCUT2D eigenvalue weighted by molar-refractivity contribution is 5.71. The molecule has 0 rings (SSSR count). The molecule has 0 aromatic heterocycles. The van der Waals surface area contributed by atoms with Gasteiger partial charge in [0.2, 0.25) is 0 Å². The van der Waals surface area contributed by atoms with Gasteiger partial charge in [0.05, 0.1) is 0 Å². The van der Waals surface area contributed by atoms with Crippen LogP contribution in [0.3, 0.4) is 0 Å². The molecule has 0 spiro atoms. The number of esters is 3. The quantitative estimate of drug-likeness (QED) is 0.0262. The number of carbonyl (C=O) groups is 3. The highest BCUT2D eigenvalue weighted by Gasteiger charge is 2.19. The Morgan fingerprint density at radius 2 is 0.600 bits per heavy atom. The summed E-state index contributed by atoms with van der Waals surface area (Å²) >= 11 is 0. The van der Waals surface area contributed by atoms with Gasteiger partial charge in [0, 0.05) is 19.3 Å². The predicted molar refractivity (Wildman–Crippen MR) is 279 cm³/mol. The van der Waals surface area contributed by atoms with E-state index >= 15 is 0 Å². The summed E-state index contributed by atoms with van der Waals surface area (Å²) < 4.78 is 16.8. The minimum atomic E-state index is -0.793. The Labute approximate surface area is 402 Å². The highest BCUT2D eigenvalue weighted by Crippen LogP contribution is 2.16. The lowest BCUT2D eigenvalue weighted by Crippen LogP contribution is -2.30. The second kappa shape index (κ2) is 53.7. The van der Waals surface area contributed by atoms with Crippen LogP contribution in [-0.2, 0) is 28.6 Å². The molecule has 0 saturated carbocycles. The zero-order valence-corrected chi connectivity index (χ0v) is 43.0. The largest absolute Gasteiger partial charge is 0.462 e. The fourth-order valence-corrected chi connectivity index (χ4v) is 7.89. The van der Waals surface area contributed by atoms with Gasteiger partial charge in [0.1, 0.15) is 13.2 Å². The van der Waals surface area contributed by atoms with Crippen molar-refractivity contribution in [2.24, 2.45) is 0 Å². The molecule has 0 aliphatic rings. The van der Waals surface area contributed by atoms with Crippen molar-refractivity contribution in [1.82, 2.24) is 0 Å². The molecular formula is C59H104O6. The van der Waals surface area contributed by atoms with Crippen LogP contribution in [0.1, 0.15) is 278 Å². The van der Waals surface area contributed by atoms with Crippen molar-refractivity contribution >= 4 is 17.9 Å². The highest BCUT2D eigenvalue weighted by atomic mass is 16.6. The molecule has 1 atom stereocenters. The van der Waals surface area contributed by atoms with Crippen molar-refractivity contribution < 1.29 is 28.6 Å². The zero-order chi connectivity index (χ0) is 47.2. The number of hydrogen-bond donors (Lipinski definition) is 0. The van der Waals surface area contributed by atoms with E-state index in [0.717, 1.165) is 77.0 Å². The van der Waals surface area contributed by atoms with Crippen LogP contribution in [0.4, 0.5) is 0 Å². The zero-order valence-electron chi connectivity index (χ0n) is 43.0. The number of ether oxygens (including phenoxy) is 3. The topological polar surface area (TPSA) is 78.9 Å². The van der Waals surface area contributed by atoms with Crippen LogP contribution >= 0.6 is 0 Å². The van der Waals surface area contributed by atoms with E-state index in [9.17, 15) is 14.4 Å². The monoisotopic (exact) mass is 909 g/mol. The van der Waals surface area contributed by atoms with Crippen LogP contribution in [0, 0.1) is 0 Å². The molecule has 0 radical (unpaired) electrons. The first-order valence-electron chi connectivity index (χ1n) is 27.8. The van der Waals surface area contributed by atoms with Crippen molar-refractivity contribution in [2.45, 2.75) is 284 Å². The van der Waals surface area contributed by atoms with E-state index in [-0.39, 0.29) is 37.5 Å². The Kier molecular flexibility index (Phi) is 51.3. The fourth-order valence-electron chi connectivity index (χ4n) is 7.89. The average molecular weight is 909 g/mol. The molecule has 0 aromatic carbocycles. The Bertz CT molecular complexity index is 1180. The molecule has 376 valence electrons. The molecule has 65 heavy (non-hydrogen) atoms. The smallest absolute Gasteiger partial charge is 0.306 e. The van der Waals surface area contributed by atoms with Gasteiger partial charge < -0.3 is 14.2 Å². The summed E-state index contributed by atoms with van der Waals surface area (Å²) in [6, 6.07) is 0. The number of allylic oxidation sites excluding steroid dienone is 10. The molecule has 0 amide bonds. The molecule has 0 aromatic rings. The van der Waals surface area contributed by atoms with Crippen LogP contribution in [0.15, 0.2) is 60.8 Å². The molecule has 0 saturated heterocycles. The van der Waals surface area contributed by atoms with E-state index < -0.39 is 6.10 Å². The molecule has 0 N–H and O–H groups in total. The summed E-state index contributed by atoms with van der Waals surface area (Å²) in [6.07, 6.45) is 66.4. The Morgan fingerprint density at radius 3 is 0.938 bits per heavy atom. The van der Waals surface area contributed by atoms with Crippen molar-refractivity contribution in [1.29, 1.82) is 0 Å². The van der Waals surface area contributed by atoms with Crippen LogP contribution in [-0.4, -0.2) is 37.2 Å². The van der Waals surface area contributed by atoms with E-state index in [1.54, 1.807) is 0 Å². The fraction of sp³-hybridized carbons (Fsp3) is 0.780. The molecule has 1 unspecified atom stereocenters. The molecule has 6 heteroatoms. The summed E-state index contributed by atoms with van der Waals surface area (Å²) in [5, 5.41) is 0. The summed E-state index contributed by atoms with van der Waals surface area (Å²) in [7, 11) is 0. The summed E-state index contributed by atoms with van der Waals surface area (Å²) in [5.41, 5.74) is 0. The molecule has 6 nitrogen and oxygen atoms in total. The summed E-state index contributed by atoms with van der Waals surface area (Å²) in [5.74, 6) is -0.937. The SMILES string of the molecule is CC/C=C\C/C=C\C/C=C\C/C=C\C/C=C\CCCC(=O)OCC(COC(=O)CCCCCCCCCCCCCCC)OC(=O)CCCCCCCCCCCCCCCCCCC. The van der Waals surface area contributed by atoms with E-state index in [2.05, 4.69) is 81.5 Å². The number of rotatable bonds is 50. The predicted octanol–water partition coefficient (Wildman–Crippen LogP) is 18.4. The molecule has 0 aliphatic heterocycles. The van der Waals surface area contributed by atoms with Gasteiger partial charge in [0.25, 0.3) is 0 Å². The molecule has 0 fully saturated rings. The van der Waals surface area contributed by atoms with Crippen LogP contribution < -0.4 is 0 Å². The third-order valence-corrected chi connectivity index (χ3v) is 12.0. The lowest BCUT2D eigenvalue weighted by Gasteiger charge is -2.18. The molecule has 0 aliphatic carbocycles. The molecule has 0 bridgehead atoms. The summed E-state index contributed by atoms with van der Waals surface area (Å²) in [6.45, 7) is 6.50. The van der Waals surface area contributed by atoms with Crippen molar-refractivity contribution in [3.8, 4) is 0 Å². The van der Waals surface area contributed by atoms with E-state index in [1.807, 2.05) is 0 Å². The van der Waals surface area contributed by atoms with Crippen LogP contribution in [0.5, 0.6) is 0 Å². The first-order chi connectivity index (χ1) is 32.0. The first-order valence-corrected chi connectivity index (χ1v) is 27.8. The van der Waals surface area contributed by atoms with Crippen LogP contribution in [0.2, 0.25) is 0 Å². The van der Waals surface area contributed by atoms with Gasteiger partial charge in [-0.3, -0.25) is 14.4 Å². The van der Waals surface area contributed by atoms with E-state index in [0.29, 0.717) is 19.3 Å². The maximum atomic E-state index is 12.8. The third-order valence-electron chi connectivity index (χ3n) is 12.0. The molecule has 0 heterocycles. The number of unbranched alkanes of at least 4 members (excludes halogenated alkanes) is 29. The minimum Gasteiger partial charge on any atom is -0.462 e. The van der Waals surface area contributed by atoms with Crippen molar-refractivity contribution in [2.75, 3.05) is 13.2 Å². The maximum absolute atomic E-state index is 12.8. The average Bonchev–Trinajstić information content (AvgIpc) is 3.30. The normalized spacial score (nSPS) is 12.5. The van der Waals surface area contributed by atoms with Gasteiger partial charge in [-0.2, -0.15) is 0 Å². The number of hydrogen-bond acceptors (Lipinski definition) is 6. The van der Waals surface area contributed by atoms with Gasteiger partial charge in [0.15, 0.2) is 6.10 Å². The third kappa shape index (κ3) is 51.9. The Balaban J connectivity index is 4.43. The second-order valence-electron chi connectivity index (χ2n) is 18.5. The van der Waals surface area contributed by atoms with Crippen LogP contribution in [0.25, 0.3) is 0 Å². The van der Waals surface area contributed by atoms with E-state index in [1.165, 1.54) is 154 Å². The van der Waals surface area contributed by atoms with Gasteiger partial charge >= 0.3 is 17.9 Å². The van der Waals surface area contributed by atoms with Gasteiger partial charge in [-0.05, 0) is 57.8 Å². The number of carbonyl (C=O) groups excluding carboxylic acids is 3. The lowest BCUT2D eigenvalue weighted by atomic mass is 10.0. The summed E-state index contributed by atoms with van der Waals surface area (Å²) in [4.78, 5) is 38.1. The molecular weight excluding hydrogens is 805 g/mol. The van der Waals surface area contributed by atoms with Crippen molar-refractivity contribution in [3.05, 3.63) is 60.8 Å². The second-order valence-corrected chi connectivity index (χ2v) is 18.5. The lowest BCUT2D eigenvalue weighted by molar-refractivity contribution is -0.167. The standard InChI is InChI=1S/C59H104O6/c1-4-7-10-13-16-19-22-25-27-29-31-34-37-40-43-46-49-52-58(61)64-55-56(54-63-57(60)51-48-45-42-39-36-33-24-21-18-15-12-9-6-3)65-59(62)53-50-47-44-41-38-35-32-30-28-26-23-20-17-14-11-8-5-2/h7,10,16,19,25,27,31,34,40,43,56H,4-6,8-9,11-15,17-18,20-24,26,28-30,32-33,35-39,41-42,44-55H2,1-3H3/b10-7-,19-16-,27-25-,34-31-,43-40-. The Morgan fingerprint density at radius 1 is 0.323 bits per heavy atom. The maximum Gasteiger partial charge on any atom is 0.306 e. The Hall–Kier alpha value is -2.89. The van der Waals surface area contributed by atoms with Crippen molar-refractivity contribution in [3.63, 3.8) is 0 Å². The van der Waals surface area contributed by atoms with E-state index in [4.69, 9.17) is 14.2 Å². The minimum absolute atomic E-state index is 0.0879. The van der Waals surface area contributed by atoms with Gasteiger partial charge in [-0.1, -0.05) is 261 Å². The first kappa shape index (κ1) is 62.1. The van der Waals surface area contributed by atoms with Gasteiger partial charge in [-0.25, -0.2) is 0 Å².